The van der Waals surface area contributed by atoms with Gasteiger partial charge in [0.1, 0.15) is 11.5 Å². The van der Waals surface area contributed by atoms with Crippen LogP contribution in [0.2, 0.25) is 0 Å². The summed E-state index contributed by atoms with van der Waals surface area (Å²) >= 11 is 0. The monoisotopic (exact) mass is 620 g/mol. The predicted molar refractivity (Wildman–Crippen MR) is 207 cm³/mol. The summed E-state index contributed by atoms with van der Waals surface area (Å²) < 4.78 is 6.98. The highest BCUT2D eigenvalue weighted by Gasteiger charge is 2.26. The lowest BCUT2D eigenvalue weighted by Gasteiger charge is -2.26. The van der Waals surface area contributed by atoms with E-state index in [-0.39, 0.29) is 0 Å². The number of ether oxygens (including phenoxy) is 1. The van der Waals surface area contributed by atoms with Crippen LogP contribution < -0.4 is 4.74 Å². The first-order valence-electron chi connectivity index (χ1n) is 16.9. The Kier molecular flexibility index (Phi) is 5.45. The van der Waals surface area contributed by atoms with Crippen LogP contribution in [-0.4, -0.2) is 0 Å². The van der Waals surface area contributed by atoms with Crippen molar-refractivity contribution in [3.63, 3.8) is 0 Å². The molecule has 0 unspecified atom stereocenters. The molecule has 11 rings (SSSR count). The van der Waals surface area contributed by atoms with E-state index in [2.05, 4.69) is 170 Å². The Hall–Kier alpha value is -6.44. The van der Waals surface area contributed by atoms with Gasteiger partial charge in [-0.05, 0) is 112 Å². The summed E-state index contributed by atoms with van der Waals surface area (Å²) in [4.78, 5) is 0. The van der Waals surface area contributed by atoms with Crippen molar-refractivity contribution >= 4 is 53.9 Å². The minimum absolute atomic E-state index is 0.906. The van der Waals surface area contributed by atoms with Gasteiger partial charge in [0.05, 0.1) is 0 Å². The molecule has 10 aromatic carbocycles. The standard InChI is InChI=1S/C48H28O/c1-2-9-29(10-3-1)35-25-36(38-23-21-33-20-19-31-12-6-13-32-22-24-40(38)46(33)44(31)32)27-37(26-35)42-28-34-11-4-5-16-39(34)47-41-17-7-14-30-15-8-18-43(45(30)41)49-48(42)47/h1-28H. The van der Waals surface area contributed by atoms with E-state index < -0.39 is 0 Å². The van der Waals surface area contributed by atoms with Crippen LogP contribution in [0.3, 0.4) is 0 Å². The molecular weight excluding hydrogens is 593 g/mol. The van der Waals surface area contributed by atoms with Crippen molar-refractivity contribution in [2.24, 2.45) is 0 Å². The maximum absolute atomic E-state index is 6.98. The van der Waals surface area contributed by atoms with Crippen molar-refractivity contribution in [1.29, 1.82) is 0 Å². The Morgan fingerprint density at radius 1 is 0.306 bits per heavy atom. The maximum atomic E-state index is 6.98. The van der Waals surface area contributed by atoms with Crippen LogP contribution in [0.15, 0.2) is 170 Å². The van der Waals surface area contributed by atoms with E-state index in [1.54, 1.807) is 0 Å². The van der Waals surface area contributed by atoms with Crippen LogP contribution in [0.1, 0.15) is 0 Å². The fraction of sp³-hybridized carbons (Fsp3) is 0. The van der Waals surface area contributed by atoms with Crippen molar-refractivity contribution in [3.8, 4) is 56.0 Å². The van der Waals surface area contributed by atoms with Crippen LogP contribution >= 0.6 is 0 Å². The second-order valence-electron chi connectivity index (χ2n) is 13.2. The molecule has 0 saturated heterocycles. The van der Waals surface area contributed by atoms with E-state index in [1.807, 2.05) is 0 Å². The lowest BCUT2D eigenvalue weighted by Crippen LogP contribution is -2.00. The van der Waals surface area contributed by atoms with Gasteiger partial charge in [-0.25, -0.2) is 0 Å². The number of hydrogen-bond acceptors (Lipinski definition) is 1. The van der Waals surface area contributed by atoms with Gasteiger partial charge in [-0.15, -0.1) is 0 Å². The molecule has 0 radical (unpaired) electrons. The Labute approximate surface area is 283 Å². The van der Waals surface area contributed by atoms with E-state index in [4.69, 9.17) is 4.74 Å². The van der Waals surface area contributed by atoms with Crippen molar-refractivity contribution in [1.82, 2.24) is 0 Å². The van der Waals surface area contributed by atoms with Gasteiger partial charge >= 0.3 is 0 Å². The number of fused-ring (bicyclic) bond motifs is 4. The molecule has 0 N–H and O–H groups in total. The average molecular weight is 621 g/mol. The summed E-state index contributed by atoms with van der Waals surface area (Å²) in [7, 11) is 0. The van der Waals surface area contributed by atoms with Gasteiger partial charge in [0.2, 0.25) is 0 Å². The Morgan fingerprint density at radius 3 is 1.76 bits per heavy atom. The SMILES string of the molecule is c1ccc(-c2cc(-c3cc4ccccc4c4c3Oc3cccc5cccc-4c35)cc(-c3ccc4ccc5cccc6ccc3c4c56)c2)cc1. The topological polar surface area (TPSA) is 9.23 Å². The molecular formula is C48H28O. The molecule has 0 bridgehead atoms. The Balaban J connectivity index is 1.23. The van der Waals surface area contributed by atoms with Crippen molar-refractivity contribution in [3.05, 3.63) is 170 Å². The smallest absolute Gasteiger partial charge is 0.143 e. The lowest BCUT2D eigenvalue weighted by molar-refractivity contribution is 0.489. The molecule has 49 heavy (non-hydrogen) atoms. The van der Waals surface area contributed by atoms with Gasteiger partial charge in [-0.1, -0.05) is 140 Å². The summed E-state index contributed by atoms with van der Waals surface area (Å²) in [5.74, 6) is 1.82. The highest BCUT2D eigenvalue weighted by atomic mass is 16.5. The van der Waals surface area contributed by atoms with Gasteiger partial charge in [-0.3, -0.25) is 0 Å². The first-order valence-corrected chi connectivity index (χ1v) is 16.9. The van der Waals surface area contributed by atoms with Gasteiger partial charge < -0.3 is 4.74 Å². The molecule has 0 spiro atoms. The highest BCUT2D eigenvalue weighted by molar-refractivity contribution is 6.25. The molecule has 1 aliphatic rings. The van der Waals surface area contributed by atoms with Crippen LogP contribution in [0, 0.1) is 0 Å². The molecule has 0 aliphatic carbocycles. The van der Waals surface area contributed by atoms with E-state index in [9.17, 15) is 0 Å². The fourth-order valence-electron chi connectivity index (χ4n) is 8.35. The molecule has 1 aliphatic heterocycles. The lowest BCUT2D eigenvalue weighted by atomic mass is 9.85. The maximum Gasteiger partial charge on any atom is 0.143 e. The third-order valence-corrected chi connectivity index (χ3v) is 10.5. The van der Waals surface area contributed by atoms with Crippen molar-refractivity contribution < 1.29 is 4.74 Å². The van der Waals surface area contributed by atoms with Crippen LogP contribution in [0.25, 0.3) is 98.4 Å². The highest BCUT2D eigenvalue weighted by Crippen LogP contribution is 2.54. The summed E-state index contributed by atoms with van der Waals surface area (Å²) in [5, 5.41) is 12.5. The van der Waals surface area contributed by atoms with Gasteiger partial charge in [0.15, 0.2) is 0 Å². The molecule has 1 heterocycles. The first kappa shape index (κ1) is 26.6. The van der Waals surface area contributed by atoms with Gasteiger partial charge in [-0.2, -0.15) is 0 Å². The average Bonchev–Trinajstić information content (AvgIpc) is 3.17. The van der Waals surface area contributed by atoms with Gasteiger partial charge in [0.25, 0.3) is 0 Å². The third kappa shape index (κ3) is 3.87. The first-order chi connectivity index (χ1) is 24.3. The van der Waals surface area contributed by atoms with E-state index >= 15 is 0 Å². The fourth-order valence-corrected chi connectivity index (χ4v) is 8.35. The summed E-state index contributed by atoms with van der Waals surface area (Å²) in [5.41, 5.74) is 9.40. The van der Waals surface area contributed by atoms with Crippen LogP contribution in [0.5, 0.6) is 11.5 Å². The minimum Gasteiger partial charge on any atom is -0.455 e. The summed E-state index contributed by atoms with van der Waals surface area (Å²) in [6.45, 7) is 0. The third-order valence-electron chi connectivity index (χ3n) is 10.5. The predicted octanol–water partition coefficient (Wildman–Crippen LogP) is 13.7. The molecule has 0 amide bonds. The molecule has 0 aromatic heterocycles. The molecule has 0 fully saturated rings. The molecule has 10 aromatic rings. The van der Waals surface area contributed by atoms with Crippen LogP contribution in [-0.2, 0) is 0 Å². The molecule has 0 saturated carbocycles. The minimum atomic E-state index is 0.906. The van der Waals surface area contributed by atoms with Crippen molar-refractivity contribution in [2.75, 3.05) is 0 Å². The Morgan fingerprint density at radius 2 is 0.918 bits per heavy atom. The molecule has 1 nitrogen and oxygen atoms in total. The second kappa shape index (κ2) is 10.0. The number of hydrogen-bond donors (Lipinski definition) is 0. The van der Waals surface area contributed by atoms with Crippen LogP contribution in [0.4, 0.5) is 0 Å². The second-order valence-corrected chi connectivity index (χ2v) is 13.2. The van der Waals surface area contributed by atoms with E-state index in [0.717, 1.165) is 28.2 Å². The quantitative estimate of drug-likeness (QED) is 0.179. The van der Waals surface area contributed by atoms with Crippen molar-refractivity contribution in [2.45, 2.75) is 0 Å². The van der Waals surface area contributed by atoms with Gasteiger partial charge in [0, 0.05) is 16.5 Å². The zero-order valence-corrected chi connectivity index (χ0v) is 26.6. The molecule has 0 atom stereocenters. The normalized spacial score (nSPS) is 12.2. The zero-order chi connectivity index (χ0) is 32.1. The van der Waals surface area contributed by atoms with E-state index in [0.29, 0.717) is 0 Å². The van der Waals surface area contributed by atoms with E-state index in [1.165, 1.54) is 81.7 Å². The Bertz CT molecular complexity index is 2930. The molecule has 1 heteroatoms. The summed E-state index contributed by atoms with van der Waals surface area (Å²) in [6.07, 6.45) is 0. The number of rotatable bonds is 3. The largest absolute Gasteiger partial charge is 0.455 e. The zero-order valence-electron chi connectivity index (χ0n) is 26.6. The molecule has 226 valence electrons. The summed E-state index contributed by atoms with van der Waals surface area (Å²) in [6, 6.07) is 62.1. The number of benzene rings is 10.